The molecule has 4 heteroatoms. The summed E-state index contributed by atoms with van der Waals surface area (Å²) in [6.45, 7) is 0. The SMILES string of the molecule is O=c1cc(-c2ccncc2F)c(-c2cccc3ccccc23)c[nH]1. The first-order valence-corrected chi connectivity index (χ1v) is 7.55. The molecule has 0 fully saturated rings. The van der Waals surface area contributed by atoms with E-state index in [2.05, 4.69) is 9.97 Å². The van der Waals surface area contributed by atoms with Crippen molar-refractivity contribution in [2.24, 2.45) is 0 Å². The van der Waals surface area contributed by atoms with Crippen molar-refractivity contribution in [3.8, 4) is 22.3 Å². The molecule has 2 heterocycles. The lowest BCUT2D eigenvalue weighted by atomic mass is 9.93. The minimum absolute atomic E-state index is 0.273. The van der Waals surface area contributed by atoms with Gasteiger partial charge in [0.25, 0.3) is 0 Å². The molecule has 0 unspecified atom stereocenters. The first-order valence-electron chi connectivity index (χ1n) is 7.55. The minimum atomic E-state index is -0.454. The average Bonchev–Trinajstić information content (AvgIpc) is 2.62. The summed E-state index contributed by atoms with van der Waals surface area (Å²) in [4.78, 5) is 18.3. The van der Waals surface area contributed by atoms with Crippen LogP contribution in [0.25, 0.3) is 33.0 Å². The summed E-state index contributed by atoms with van der Waals surface area (Å²) in [5, 5.41) is 2.13. The van der Waals surface area contributed by atoms with Crippen LogP contribution in [0.5, 0.6) is 0 Å². The van der Waals surface area contributed by atoms with Crippen LogP contribution in [-0.4, -0.2) is 9.97 Å². The molecule has 0 atom stereocenters. The highest BCUT2D eigenvalue weighted by Crippen LogP contribution is 2.35. The molecule has 0 saturated carbocycles. The fourth-order valence-corrected chi connectivity index (χ4v) is 2.97. The number of benzene rings is 2. The van der Waals surface area contributed by atoms with Crippen LogP contribution in [0.1, 0.15) is 0 Å². The van der Waals surface area contributed by atoms with Gasteiger partial charge in [-0.1, -0.05) is 42.5 Å². The van der Waals surface area contributed by atoms with E-state index in [0.29, 0.717) is 11.1 Å². The first kappa shape index (κ1) is 14.3. The predicted molar refractivity (Wildman–Crippen MR) is 93.2 cm³/mol. The highest BCUT2D eigenvalue weighted by molar-refractivity contribution is 6.00. The van der Waals surface area contributed by atoms with Crippen molar-refractivity contribution in [3.05, 3.63) is 89.4 Å². The molecule has 2 aromatic heterocycles. The molecule has 4 rings (SSSR count). The van der Waals surface area contributed by atoms with E-state index in [1.54, 1.807) is 12.3 Å². The summed E-state index contributed by atoms with van der Waals surface area (Å²) in [5.74, 6) is -0.454. The number of aromatic amines is 1. The van der Waals surface area contributed by atoms with Crippen molar-refractivity contribution in [3.63, 3.8) is 0 Å². The zero-order valence-electron chi connectivity index (χ0n) is 12.7. The van der Waals surface area contributed by atoms with Crippen LogP contribution in [0.4, 0.5) is 4.39 Å². The van der Waals surface area contributed by atoms with Gasteiger partial charge in [-0.25, -0.2) is 4.39 Å². The molecule has 0 saturated heterocycles. The van der Waals surface area contributed by atoms with Gasteiger partial charge in [0.15, 0.2) is 0 Å². The van der Waals surface area contributed by atoms with E-state index in [0.717, 1.165) is 28.1 Å². The normalized spacial score (nSPS) is 10.9. The summed E-state index contributed by atoms with van der Waals surface area (Å²) < 4.78 is 14.2. The highest BCUT2D eigenvalue weighted by atomic mass is 19.1. The number of rotatable bonds is 2. The van der Waals surface area contributed by atoms with Crippen molar-refractivity contribution in [2.75, 3.05) is 0 Å². The van der Waals surface area contributed by atoms with Crippen LogP contribution in [0.15, 0.2) is 78.0 Å². The van der Waals surface area contributed by atoms with E-state index in [1.165, 1.54) is 12.3 Å². The minimum Gasteiger partial charge on any atom is -0.328 e. The second kappa shape index (κ2) is 5.74. The Balaban J connectivity index is 2.06. The topological polar surface area (TPSA) is 45.8 Å². The van der Waals surface area contributed by atoms with Gasteiger partial charge in [0.2, 0.25) is 5.56 Å². The third-order valence-electron chi connectivity index (χ3n) is 4.07. The fourth-order valence-electron chi connectivity index (χ4n) is 2.97. The molecule has 0 aliphatic carbocycles. The Morgan fingerprint density at radius 1 is 0.875 bits per heavy atom. The zero-order valence-corrected chi connectivity index (χ0v) is 12.7. The molecule has 0 amide bonds. The van der Waals surface area contributed by atoms with E-state index in [1.807, 2.05) is 42.5 Å². The predicted octanol–water partition coefficient (Wildman–Crippen LogP) is 4.40. The Kier molecular flexibility index (Phi) is 3.43. The first-order chi connectivity index (χ1) is 11.7. The lowest BCUT2D eigenvalue weighted by molar-refractivity contribution is 0.625. The summed E-state index contributed by atoms with van der Waals surface area (Å²) in [7, 11) is 0. The molecule has 116 valence electrons. The number of hydrogen-bond acceptors (Lipinski definition) is 2. The third-order valence-corrected chi connectivity index (χ3v) is 4.07. The monoisotopic (exact) mass is 316 g/mol. The van der Waals surface area contributed by atoms with Gasteiger partial charge in [-0.15, -0.1) is 0 Å². The second-order valence-electron chi connectivity index (χ2n) is 5.51. The van der Waals surface area contributed by atoms with Gasteiger partial charge in [0.1, 0.15) is 5.82 Å². The molecule has 0 spiro atoms. The van der Waals surface area contributed by atoms with E-state index < -0.39 is 5.82 Å². The molecule has 1 N–H and O–H groups in total. The van der Waals surface area contributed by atoms with Crippen molar-refractivity contribution in [1.82, 2.24) is 9.97 Å². The van der Waals surface area contributed by atoms with E-state index in [9.17, 15) is 9.18 Å². The molecule has 24 heavy (non-hydrogen) atoms. The zero-order chi connectivity index (χ0) is 16.5. The largest absolute Gasteiger partial charge is 0.328 e. The molecular weight excluding hydrogens is 303 g/mol. The molecule has 4 aromatic rings. The lowest BCUT2D eigenvalue weighted by Crippen LogP contribution is -2.05. The Morgan fingerprint density at radius 3 is 2.58 bits per heavy atom. The number of H-pyrrole nitrogens is 1. The Hall–Kier alpha value is -3.27. The van der Waals surface area contributed by atoms with Crippen LogP contribution in [-0.2, 0) is 0 Å². The van der Waals surface area contributed by atoms with Gasteiger partial charge in [0.05, 0.1) is 6.20 Å². The number of hydrogen-bond donors (Lipinski definition) is 1. The molecule has 0 aliphatic heterocycles. The second-order valence-corrected chi connectivity index (χ2v) is 5.51. The molecule has 0 aliphatic rings. The third kappa shape index (κ3) is 2.38. The number of pyridine rings is 2. The quantitative estimate of drug-likeness (QED) is 0.596. The van der Waals surface area contributed by atoms with Gasteiger partial charge < -0.3 is 4.98 Å². The highest BCUT2D eigenvalue weighted by Gasteiger charge is 2.14. The molecule has 0 bridgehead atoms. The Labute approximate surface area is 137 Å². The van der Waals surface area contributed by atoms with Gasteiger partial charge in [0, 0.05) is 29.6 Å². The summed E-state index contributed by atoms with van der Waals surface area (Å²) >= 11 is 0. The van der Waals surface area contributed by atoms with Gasteiger partial charge in [-0.3, -0.25) is 9.78 Å². The molecule has 2 aromatic carbocycles. The number of halogens is 1. The smallest absolute Gasteiger partial charge is 0.248 e. The fraction of sp³-hybridized carbons (Fsp3) is 0. The number of nitrogens with one attached hydrogen (secondary N) is 1. The summed E-state index contributed by atoms with van der Waals surface area (Å²) in [6.07, 6.45) is 4.31. The van der Waals surface area contributed by atoms with E-state index in [4.69, 9.17) is 0 Å². The van der Waals surface area contributed by atoms with Gasteiger partial charge in [-0.2, -0.15) is 0 Å². The van der Waals surface area contributed by atoms with Crippen LogP contribution in [0, 0.1) is 5.82 Å². The molecular formula is C20H13FN2O. The van der Waals surface area contributed by atoms with Crippen molar-refractivity contribution in [1.29, 1.82) is 0 Å². The van der Waals surface area contributed by atoms with Crippen LogP contribution >= 0.6 is 0 Å². The van der Waals surface area contributed by atoms with Crippen LogP contribution in [0.3, 0.4) is 0 Å². The summed E-state index contributed by atoms with van der Waals surface area (Å²) in [5.41, 5.74) is 2.35. The Bertz CT molecular complexity index is 1100. The molecule has 3 nitrogen and oxygen atoms in total. The maximum absolute atomic E-state index is 14.2. The van der Waals surface area contributed by atoms with E-state index in [-0.39, 0.29) is 5.56 Å². The van der Waals surface area contributed by atoms with E-state index >= 15 is 0 Å². The van der Waals surface area contributed by atoms with Crippen molar-refractivity contribution in [2.45, 2.75) is 0 Å². The van der Waals surface area contributed by atoms with Crippen LogP contribution < -0.4 is 5.56 Å². The van der Waals surface area contributed by atoms with Gasteiger partial charge in [-0.05, 0) is 28.0 Å². The Morgan fingerprint density at radius 2 is 1.71 bits per heavy atom. The summed E-state index contributed by atoms with van der Waals surface area (Å²) in [6, 6.07) is 16.9. The van der Waals surface area contributed by atoms with Crippen molar-refractivity contribution < 1.29 is 4.39 Å². The van der Waals surface area contributed by atoms with Crippen molar-refractivity contribution >= 4 is 10.8 Å². The number of fused-ring (bicyclic) bond motifs is 1. The maximum atomic E-state index is 14.2. The standard InChI is InChI=1S/C20H13FN2O/c21-19-12-22-9-8-16(19)17-10-20(24)23-11-18(17)15-7-3-5-13-4-1-2-6-14(13)15/h1-12H,(H,23,24). The number of aromatic nitrogens is 2. The lowest BCUT2D eigenvalue weighted by Gasteiger charge is -2.12. The number of nitrogens with zero attached hydrogens (tertiary/aromatic N) is 1. The average molecular weight is 316 g/mol. The maximum Gasteiger partial charge on any atom is 0.248 e. The van der Waals surface area contributed by atoms with Gasteiger partial charge >= 0.3 is 0 Å². The van der Waals surface area contributed by atoms with Crippen LogP contribution in [0.2, 0.25) is 0 Å². The molecule has 0 radical (unpaired) electrons.